The molecule has 0 fully saturated rings. The number of carbonyl (C=O) groups is 1. The quantitative estimate of drug-likeness (QED) is 0.657. The van der Waals surface area contributed by atoms with Crippen molar-refractivity contribution in [1.82, 2.24) is 20.1 Å². The second-order valence-corrected chi connectivity index (χ2v) is 7.69. The molecule has 0 unspecified atom stereocenters. The molecule has 0 bridgehead atoms. The fourth-order valence-corrected chi connectivity index (χ4v) is 3.70. The maximum atomic E-state index is 12.9. The number of H-pyrrole nitrogens is 1. The Kier molecular flexibility index (Phi) is 4.87. The molecule has 2 N–H and O–H groups in total. The van der Waals surface area contributed by atoms with Crippen molar-refractivity contribution in [3.63, 3.8) is 0 Å². The molecule has 0 saturated carbocycles. The topological polar surface area (TPSA) is 62.7 Å². The summed E-state index contributed by atoms with van der Waals surface area (Å²) in [5, 5.41) is 12.2. The predicted octanol–water partition coefficient (Wildman–Crippen LogP) is 4.28. The zero-order chi connectivity index (χ0) is 18.0. The number of aromatic amines is 1. The Bertz CT molecular complexity index is 910. The fourth-order valence-electron chi connectivity index (χ4n) is 2.70. The van der Waals surface area contributed by atoms with Gasteiger partial charge in [-0.05, 0) is 50.0 Å². The normalized spacial score (nSPS) is 12.8. The molecule has 1 aromatic carbocycles. The van der Waals surface area contributed by atoms with Crippen LogP contribution in [0.4, 0.5) is 0 Å². The fraction of sp³-hybridized carbons (Fsp3) is 0.278. The third-order valence-electron chi connectivity index (χ3n) is 4.14. The Morgan fingerprint density at radius 2 is 2.00 bits per heavy atom. The van der Waals surface area contributed by atoms with Crippen molar-refractivity contribution >= 4 is 29.5 Å². The lowest BCUT2D eigenvalue weighted by molar-refractivity contribution is -0.125. The van der Waals surface area contributed by atoms with E-state index in [-0.39, 0.29) is 5.91 Å². The van der Waals surface area contributed by atoms with Crippen LogP contribution in [0.3, 0.4) is 0 Å². The van der Waals surface area contributed by atoms with Gasteiger partial charge >= 0.3 is 0 Å². The Hall–Kier alpha value is -2.25. The summed E-state index contributed by atoms with van der Waals surface area (Å²) >= 11 is 6.91. The average molecular weight is 373 g/mol. The van der Waals surface area contributed by atoms with Crippen molar-refractivity contribution < 1.29 is 4.79 Å². The SMILES string of the molecule is C[C@H](C(=O)NC(C)(C)c1ccccc1)n1c(-c2cccs2)n[nH]c1=S. The van der Waals surface area contributed by atoms with Gasteiger partial charge in [-0.15, -0.1) is 11.3 Å². The zero-order valence-electron chi connectivity index (χ0n) is 14.3. The van der Waals surface area contributed by atoms with Gasteiger partial charge in [-0.3, -0.25) is 14.5 Å². The van der Waals surface area contributed by atoms with E-state index in [1.54, 1.807) is 15.9 Å². The molecule has 1 amide bonds. The molecule has 0 aliphatic carbocycles. The minimum absolute atomic E-state index is 0.107. The van der Waals surface area contributed by atoms with Crippen molar-refractivity contribution in [3.05, 3.63) is 58.2 Å². The smallest absolute Gasteiger partial charge is 0.243 e. The van der Waals surface area contributed by atoms with E-state index in [0.717, 1.165) is 10.4 Å². The Morgan fingerprint density at radius 3 is 2.64 bits per heavy atom. The first kappa shape index (κ1) is 17.6. The van der Waals surface area contributed by atoms with E-state index in [1.807, 2.05) is 68.6 Å². The minimum Gasteiger partial charge on any atom is -0.345 e. The number of thiophene rings is 1. The summed E-state index contributed by atoms with van der Waals surface area (Å²) in [6, 6.07) is 13.3. The maximum absolute atomic E-state index is 12.9. The Morgan fingerprint density at radius 1 is 1.28 bits per heavy atom. The number of benzene rings is 1. The number of amides is 1. The van der Waals surface area contributed by atoms with Crippen LogP contribution in [0.5, 0.6) is 0 Å². The largest absolute Gasteiger partial charge is 0.345 e. The predicted molar refractivity (Wildman–Crippen MR) is 103 cm³/mol. The first-order chi connectivity index (χ1) is 11.9. The standard InChI is InChI=1S/C18H20N4OS2/c1-12(16(23)19-18(2,3)13-8-5-4-6-9-13)22-15(20-21-17(22)24)14-10-7-11-25-14/h4-12H,1-3H3,(H,19,23)(H,21,24)/t12-/m1/s1. The van der Waals surface area contributed by atoms with Gasteiger partial charge in [0, 0.05) is 0 Å². The van der Waals surface area contributed by atoms with Gasteiger partial charge in [-0.25, -0.2) is 0 Å². The summed E-state index contributed by atoms with van der Waals surface area (Å²) in [6.07, 6.45) is 0. The van der Waals surface area contributed by atoms with Gasteiger partial charge in [-0.2, -0.15) is 5.10 Å². The lowest BCUT2D eigenvalue weighted by Crippen LogP contribution is -2.44. The van der Waals surface area contributed by atoms with E-state index >= 15 is 0 Å². The lowest BCUT2D eigenvalue weighted by atomic mass is 9.94. The molecule has 0 radical (unpaired) electrons. The second kappa shape index (κ2) is 6.93. The average Bonchev–Trinajstić information content (AvgIpc) is 3.24. The number of hydrogen-bond donors (Lipinski definition) is 2. The van der Waals surface area contributed by atoms with Crippen molar-refractivity contribution in [1.29, 1.82) is 0 Å². The van der Waals surface area contributed by atoms with Crippen LogP contribution in [0, 0.1) is 4.77 Å². The highest BCUT2D eigenvalue weighted by Crippen LogP contribution is 2.26. The van der Waals surface area contributed by atoms with E-state index in [1.165, 1.54) is 0 Å². The summed E-state index contributed by atoms with van der Waals surface area (Å²) in [6.45, 7) is 5.81. The summed E-state index contributed by atoms with van der Waals surface area (Å²) < 4.78 is 2.20. The molecule has 25 heavy (non-hydrogen) atoms. The van der Waals surface area contributed by atoms with Crippen LogP contribution in [0.15, 0.2) is 47.8 Å². The van der Waals surface area contributed by atoms with Crippen LogP contribution in [-0.4, -0.2) is 20.7 Å². The number of nitrogens with zero attached hydrogens (tertiary/aromatic N) is 2. The van der Waals surface area contributed by atoms with Gasteiger partial charge in [0.1, 0.15) is 6.04 Å². The molecule has 0 aliphatic heterocycles. The van der Waals surface area contributed by atoms with E-state index in [4.69, 9.17) is 12.2 Å². The van der Waals surface area contributed by atoms with Crippen LogP contribution in [-0.2, 0) is 10.3 Å². The molecular weight excluding hydrogens is 352 g/mol. The molecule has 130 valence electrons. The Balaban J connectivity index is 1.87. The Labute approximate surface area is 155 Å². The highest BCUT2D eigenvalue weighted by atomic mass is 32.1. The van der Waals surface area contributed by atoms with E-state index < -0.39 is 11.6 Å². The number of carbonyl (C=O) groups excluding carboxylic acids is 1. The van der Waals surface area contributed by atoms with Crippen LogP contribution in [0.25, 0.3) is 10.7 Å². The third kappa shape index (κ3) is 3.57. The molecule has 2 aromatic heterocycles. The van der Waals surface area contributed by atoms with Gasteiger partial charge < -0.3 is 5.32 Å². The monoisotopic (exact) mass is 372 g/mol. The minimum atomic E-state index is -0.485. The second-order valence-electron chi connectivity index (χ2n) is 6.36. The van der Waals surface area contributed by atoms with Crippen LogP contribution in [0.2, 0.25) is 0 Å². The highest BCUT2D eigenvalue weighted by molar-refractivity contribution is 7.71. The van der Waals surface area contributed by atoms with Crippen molar-refractivity contribution in [2.75, 3.05) is 0 Å². The summed E-state index contributed by atoms with van der Waals surface area (Å²) in [4.78, 5) is 13.9. The number of aromatic nitrogens is 3. The van der Waals surface area contributed by atoms with Crippen LogP contribution in [0.1, 0.15) is 32.4 Å². The van der Waals surface area contributed by atoms with E-state index in [2.05, 4.69) is 15.5 Å². The van der Waals surface area contributed by atoms with E-state index in [9.17, 15) is 4.79 Å². The molecule has 0 saturated heterocycles. The first-order valence-corrected chi connectivity index (χ1v) is 9.27. The molecule has 5 nitrogen and oxygen atoms in total. The molecule has 1 atom stereocenters. The van der Waals surface area contributed by atoms with Crippen molar-refractivity contribution in [3.8, 4) is 10.7 Å². The molecule has 3 aromatic rings. The number of rotatable bonds is 5. The molecule has 3 rings (SSSR count). The highest BCUT2D eigenvalue weighted by Gasteiger charge is 2.28. The maximum Gasteiger partial charge on any atom is 0.243 e. The van der Waals surface area contributed by atoms with E-state index in [0.29, 0.717) is 10.6 Å². The zero-order valence-corrected chi connectivity index (χ0v) is 15.9. The van der Waals surface area contributed by atoms with Gasteiger partial charge in [-0.1, -0.05) is 36.4 Å². The summed E-state index contributed by atoms with van der Waals surface area (Å²) in [5.41, 5.74) is 0.562. The first-order valence-electron chi connectivity index (χ1n) is 7.98. The summed E-state index contributed by atoms with van der Waals surface area (Å²) in [5.74, 6) is 0.573. The van der Waals surface area contributed by atoms with Crippen LogP contribution >= 0.6 is 23.6 Å². The van der Waals surface area contributed by atoms with Gasteiger partial charge in [0.05, 0.1) is 10.4 Å². The van der Waals surface area contributed by atoms with Crippen molar-refractivity contribution in [2.24, 2.45) is 0 Å². The molecule has 7 heteroatoms. The lowest BCUT2D eigenvalue weighted by Gasteiger charge is -2.29. The van der Waals surface area contributed by atoms with Gasteiger partial charge in [0.2, 0.25) is 5.91 Å². The summed E-state index contributed by atoms with van der Waals surface area (Å²) in [7, 11) is 0. The van der Waals surface area contributed by atoms with Gasteiger partial charge in [0.25, 0.3) is 0 Å². The number of hydrogen-bond acceptors (Lipinski definition) is 4. The molecule has 0 spiro atoms. The van der Waals surface area contributed by atoms with Crippen LogP contribution < -0.4 is 5.32 Å². The van der Waals surface area contributed by atoms with Gasteiger partial charge in [0.15, 0.2) is 10.6 Å². The molecule has 2 heterocycles. The third-order valence-corrected chi connectivity index (χ3v) is 5.30. The number of nitrogens with one attached hydrogen (secondary N) is 2. The van der Waals surface area contributed by atoms with Crippen molar-refractivity contribution in [2.45, 2.75) is 32.4 Å². The molecule has 0 aliphatic rings. The molecular formula is C18H20N4OS2.